The van der Waals surface area contributed by atoms with Gasteiger partial charge in [-0.15, -0.1) is 0 Å². The molecule has 4 rings (SSSR count). The third kappa shape index (κ3) is 5.54. The molecule has 3 heterocycles. The predicted octanol–water partition coefficient (Wildman–Crippen LogP) is 2.88. The Hall–Kier alpha value is -2.90. The van der Waals surface area contributed by atoms with E-state index >= 15 is 0 Å². The molecule has 2 amide bonds. The fourth-order valence-electron chi connectivity index (χ4n) is 4.41. The molecule has 0 spiro atoms. The molecular formula is C25H30ClN5O2. The summed E-state index contributed by atoms with van der Waals surface area (Å²) < 4.78 is 1.86. The molecular weight excluding hydrogens is 438 g/mol. The van der Waals surface area contributed by atoms with Crippen molar-refractivity contribution in [3.63, 3.8) is 0 Å². The van der Waals surface area contributed by atoms with E-state index in [1.54, 1.807) is 13.1 Å². The van der Waals surface area contributed by atoms with Crippen LogP contribution in [0.1, 0.15) is 30.0 Å². The number of carbonyl (C=O) groups is 2. The zero-order chi connectivity index (χ0) is 23.5. The largest absolute Gasteiger partial charge is 0.350 e. The van der Waals surface area contributed by atoms with E-state index in [0.29, 0.717) is 17.5 Å². The summed E-state index contributed by atoms with van der Waals surface area (Å²) in [4.78, 5) is 29.7. The average Bonchev–Trinajstić information content (AvgIpc) is 3.36. The van der Waals surface area contributed by atoms with E-state index in [9.17, 15) is 9.59 Å². The van der Waals surface area contributed by atoms with Gasteiger partial charge >= 0.3 is 0 Å². The highest BCUT2D eigenvalue weighted by Crippen LogP contribution is 2.24. The fourth-order valence-corrected chi connectivity index (χ4v) is 4.70. The first kappa shape index (κ1) is 23.3. The Kier molecular flexibility index (Phi) is 7.00. The smallest absolute Gasteiger partial charge is 0.242 e. The second-order valence-corrected chi connectivity index (χ2v) is 9.41. The third-order valence-electron chi connectivity index (χ3n) is 6.19. The van der Waals surface area contributed by atoms with Crippen LogP contribution in [0.3, 0.4) is 0 Å². The van der Waals surface area contributed by atoms with Gasteiger partial charge in [0.1, 0.15) is 11.7 Å². The molecule has 1 aromatic carbocycles. The number of nitrogens with one attached hydrogen (secondary N) is 3. The molecule has 3 aromatic rings. The number of benzene rings is 1. The Morgan fingerprint density at radius 2 is 2.12 bits per heavy atom. The molecule has 0 unspecified atom stereocenters. The minimum atomic E-state index is -0.632. The van der Waals surface area contributed by atoms with Crippen molar-refractivity contribution in [1.29, 1.82) is 0 Å². The van der Waals surface area contributed by atoms with Crippen LogP contribution in [-0.2, 0) is 29.6 Å². The van der Waals surface area contributed by atoms with Gasteiger partial charge in [0.25, 0.3) is 0 Å². The zero-order valence-corrected chi connectivity index (χ0v) is 19.9. The van der Waals surface area contributed by atoms with Crippen molar-refractivity contribution in [2.24, 2.45) is 13.0 Å². The summed E-state index contributed by atoms with van der Waals surface area (Å²) in [6.07, 6.45) is 5.23. The third-order valence-corrected chi connectivity index (χ3v) is 6.49. The number of aryl methyl sites for hydroxylation is 2. The highest BCUT2D eigenvalue weighted by atomic mass is 35.5. The molecule has 1 saturated heterocycles. The maximum Gasteiger partial charge on any atom is 0.242 e. The first-order valence-electron chi connectivity index (χ1n) is 11.3. The minimum Gasteiger partial charge on any atom is -0.350 e. The molecule has 8 heteroatoms. The van der Waals surface area contributed by atoms with Crippen LogP contribution in [0, 0.1) is 12.8 Å². The molecule has 7 nitrogen and oxygen atoms in total. The molecule has 0 aliphatic carbocycles. The van der Waals surface area contributed by atoms with Gasteiger partial charge in [0.2, 0.25) is 11.8 Å². The lowest BCUT2D eigenvalue weighted by atomic mass is 9.95. The molecule has 1 fully saturated rings. The van der Waals surface area contributed by atoms with E-state index in [1.807, 2.05) is 23.9 Å². The molecule has 1 aliphatic rings. The maximum absolute atomic E-state index is 12.7. The van der Waals surface area contributed by atoms with Crippen molar-refractivity contribution < 1.29 is 9.59 Å². The van der Waals surface area contributed by atoms with E-state index in [0.717, 1.165) is 36.0 Å². The number of amides is 2. The van der Waals surface area contributed by atoms with Crippen molar-refractivity contribution in [3.05, 3.63) is 64.4 Å². The van der Waals surface area contributed by atoms with Gasteiger partial charge in [-0.1, -0.05) is 41.4 Å². The normalized spacial score (nSPS) is 18.9. The standard InChI is InChI=1S/C25H30ClN5O2/c1-15-5-4-6-17(7-15)8-18-10-22(27-11-18)25(33)30-16(2)24(32)29-13-19-9-20-21(26)14-31(3)23(20)28-12-19/h4-7,9,12,14,16,18,22,27H,8,10-11,13H2,1-3H3,(H,29,32)(H,30,33)/t16-,18-,22+/m0/s1. The molecule has 0 radical (unpaired) electrons. The van der Waals surface area contributed by atoms with E-state index < -0.39 is 6.04 Å². The number of hydrogen-bond donors (Lipinski definition) is 3. The van der Waals surface area contributed by atoms with Gasteiger partial charge in [-0.2, -0.15) is 0 Å². The number of carbonyl (C=O) groups excluding carboxylic acids is 2. The average molecular weight is 468 g/mol. The van der Waals surface area contributed by atoms with Crippen molar-refractivity contribution in [3.8, 4) is 0 Å². The molecule has 2 aromatic heterocycles. The van der Waals surface area contributed by atoms with Crippen LogP contribution in [-0.4, -0.2) is 40.0 Å². The van der Waals surface area contributed by atoms with Gasteiger partial charge in [-0.05, 0) is 56.3 Å². The molecule has 33 heavy (non-hydrogen) atoms. The summed E-state index contributed by atoms with van der Waals surface area (Å²) in [6, 6.07) is 9.49. The van der Waals surface area contributed by atoms with Gasteiger partial charge in [-0.25, -0.2) is 4.98 Å². The first-order valence-corrected chi connectivity index (χ1v) is 11.6. The lowest BCUT2D eigenvalue weighted by Gasteiger charge is -2.17. The van der Waals surface area contributed by atoms with Crippen LogP contribution >= 0.6 is 11.6 Å². The quantitative estimate of drug-likeness (QED) is 0.498. The van der Waals surface area contributed by atoms with Crippen molar-refractivity contribution >= 4 is 34.4 Å². The Morgan fingerprint density at radius 3 is 2.91 bits per heavy atom. The zero-order valence-electron chi connectivity index (χ0n) is 19.2. The number of rotatable bonds is 7. The number of aromatic nitrogens is 2. The van der Waals surface area contributed by atoms with Crippen LogP contribution in [0.25, 0.3) is 11.0 Å². The lowest BCUT2D eigenvalue weighted by molar-refractivity contribution is -0.129. The summed E-state index contributed by atoms with van der Waals surface area (Å²) >= 11 is 6.24. The van der Waals surface area contributed by atoms with E-state index in [-0.39, 0.29) is 17.9 Å². The minimum absolute atomic E-state index is 0.136. The summed E-state index contributed by atoms with van der Waals surface area (Å²) in [7, 11) is 1.89. The molecule has 0 bridgehead atoms. The number of halogens is 1. The number of hydrogen-bond acceptors (Lipinski definition) is 4. The van der Waals surface area contributed by atoms with Crippen LogP contribution in [0.2, 0.25) is 5.02 Å². The first-order chi connectivity index (χ1) is 15.8. The molecule has 3 N–H and O–H groups in total. The van der Waals surface area contributed by atoms with E-state index in [4.69, 9.17) is 11.6 Å². The topological polar surface area (TPSA) is 88.1 Å². The van der Waals surface area contributed by atoms with Crippen LogP contribution in [0.5, 0.6) is 0 Å². The van der Waals surface area contributed by atoms with Crippen LogP contribution < -0.4 is 16.0 Å². The van der Waals surface area contributed by atoms with E-state index in [2.05, 4.69) is 52.1 Å². The number of pyridine rings is 1. The Balaban J connectivity index is 1.25. The van der Waals surface area contributed by atoms with Crippen molar-refractivity contribution in [1.82, 2.24) is 25.5 Å². The lowest BCUT2D eigenvalue weighted by Crippen LogP contribution is -2.49. The highest BCUT2D eigenvalue weighted by molar-refractivity contribution is 6.35. The van der Waals surface area contributed by atoms with Gasteiger partial charge in [-0.3, -0.25) is 9.59 Å². The summed E-state index contributed by atoms with van der Waals surface area (Å²) in [6.45, 7) is 4.89. The molecule has 3 atom stereocenters. The SMILES string of the molecule is Cc1cccc(C[C@@H]2CN[C@@H](C(=O)N[C@@H](C)C(=O)NCc3cnc4c(c3)c(Cl)cn4C)C2)c1. The predicted molar refractivity (Wildman–Crippen MR) is 130 cm³/mol. The van der Waals surface area contributed by atoms with E-state index in [1.165, 1.54) is 11.1 Å². The van der Waals surface area contributed by atoms with Gasteiger partial charge in [0.15, 0.2) is 0 Å². The van der Waals surface area contributed by atoms with Crippen LogP contribution in [0.15, 0.2) is 42.7 Å². The molecule has 174 valence electrons. The Labute approximate surface area is 198 Å². The number of fused-ring (bicyclic) bond motifs is 1. The molecule has 0 saturated carbocycles. The summed E-state index contributed by atoms with van der Waals surface area (Å²) in [5, 5.41) is 10.5. The number of nitrogens with zero attached hydrogens (tertiary/aromatic N) is 2. The fraction of sp³-hybridized carbons (Fsp3) is 0.400. The van der Waals surface area contributed by atoms with Crippen molar-refractivity contribution in [2.45, 2.75) is 45.3 Å². The van der Waals surface area contributed by atoms with Crippen molar-refractivity contribution in [2.75, 3.05) is 6.54 Å². The van der Waals surface area contributed by atoms with Gasteiger partial charge in [0.05, 0.1) is 11.1 Å². The highest BCUT2D eigenvalue weighted by Gasteiger charge is 2.30. The molecule has 1 aliphatic heterocycles. The Morgan fingerprint density at radius 1 is 1.30 bits per heavy atom. The Bertz CT molecular complexity index is 1170. The van der Waals surface area contributed by atoms with Gasteiger partial charge < -0.3 is 20.5 Å². The van der Waals surface area contributed by atoms with Gasteiger partial charge in [0, 0.05) is 31.4 Å². The summed E-state index contributed by atoms with van der Waals surface area (Å²) in [5.41, 5.74) is 4.18. The van der Waals surface area contributed by atoms with Crippen LogP contribution in [0.4, 0.5) is 0 Å². The summed E-state index contributed by atoms with van der Waals surface area (Å²) in [5.74, 6) is 0.0272. The second kappa shape index (κ2) is 9.93. The second-order valence-electron chi connectivity index (χ2n) is 9.01. The monoisotopic (exact) mass is 467 g/mol. The maximum atomic E-state index is 12.7.